The summed E-state index contributed by atoms with van der Waals surface area (Å²) in [5, 5.41) is 5.21. The van der Waals surface area contributed by atoms with Crippen LogP contribution in [0.3, 0.4) is 0 Å². The zero-order valence-corrected chi connectivity index (χ0v) is 13.8. The number of carbonyl (C=O) groups is 4. The molecule has 0 bridgehead atoms. The molecular formula is C17H19N3O5. The van der Waals surface area contributed by atoms with Gasteiger partial charge >= 0.3 is 12.0 Å². The Morgan fingerprint density at radius 3 is 2.60 bits per heavy atom. The van der Waals surface area contributed by atoms with Crippen LogP contribution < -0.4 is 10.6 Å². The van der Waals surface area contributed by atoms with Gasteiger partial charge in [-0.3, -0.25) is 19.3 Å². The molecule has 0 spiro atoms. The number of esters is 1. The summed E-state index contributed by atoms with van der Waals surface area (Å²) in [6, 6.07) is 8.12. The third kappa shape index (κ3) is 3.62. The number of hydrogen-bond donors (Lipinski definition) is 2. The van der Waals surface area contributed by atoms with E-state index in [0.717, 1.165) is 17.7 Å². The fourth-order valence-electron chi connectivity index (χ4n) is 2.84. The van der Waals surface area contributed by atoms with E-state index in [1.54, 1.807) is 31.2 Å². The highest BCUT2D eigenvalue weighted by molar-refractivity contribution is 6.09. The number of benzene rings is 1. The van der Waals surface area contributed by atoms with Gasteiger partial charge in [0.15, 0.2) is 6.61 Å². The molecule has 8 nitrogen and oxygen atoms in total. The predicted molar refractivity (Wildman–Crippen MR) is 87.4 cm³/mol. The van der Waals surface area contributed by atoms with Crippen LogP contribution in [0.25, 0.3) is 0 Å². The third-order valence-electron chi connectivity index (χ3n) is 4.40. The van der Waals surface area contributed by atoms with Crippen molar-refractivity contribution in [3.8, 4) is 0 Å². The Morgan fingerprint density at radius 2 is 1.96 bits per heavy atom. The van der Waals surface area contributed by atoms with Crippen molar-refractivity contribution < 1.29 is 23.9 Å². The van der Waals surface area contributed by atoms with Crippen molar-refractivity contribution in [1.82, 2.24) is 10.2 Å². The Bertz CT molecular complexity index is 716. The van der Waals surface area contributed by atoms with E-state index in [1.165, 1.54) is 0 Å². The van der Waals surface area contributed by atoms with Crippen molar-refractivity contribution in [2.75, 3.05) is 18.5 Å². The van der Waals surface area contributed by atoms with Gasteiger partial charge in [-0.15, -0.1) is 0 Å². The van der Waals surface area contributed by atoms with Crippen LogP contribution >= 0.6 is 0 Å². The molecule has 1 saturated heterocycles. The summed E-state index contributed by atoms with van der Waals surface area (Å²) in [6.45, 7) is 0.673. The first-order valence-electron chi connectivity index (χ1n) is 8.05. The van der Waals surface area contributed by atoms with Crippen LogP contribution in [0, 0.1) is 5.92 Å². The van der Waals surface area contributed by atoms with E-state index in [4.69, 9.17) is 4.74 Å². The van der Waals surface area contributed by atoms with Gasteiger partial charge in [-0.25, -0.2) is 4.79 Å². The number of amides is 4. The van der Waals surface area contributed by atoms with Gasteiger partial charge in [0.1, 0.15) is 12.1 Å². The van der Waals surface area contributed by atoms with Crippen molar-refractivity contribution in [3.63, 3.8) is 0 Å². The van der Waals surface area contributed by atoms with Crippen molar-refractivity contribution in [1.29, 1.82) is 0 Å². The number of urea groups is 1. The highest BCUT2D eigenvalue weighted by atomic mass is 16.5. The number of imide groups is 1. The predicted octanol–water partition coefficient (Wildman–Crippen LogP) is 0.889. The molecule has 2 fully saturated rings. The average molecular weight is 345 g/mol. The molecule has 1 saturated carbocycles. The van der Waals surface area contributed by atoms with Crippen LogP contribution in [0.5, 0.6) is 0 Å². The lowest BCUT2D eigenvalue weighted by Crippen LogP contribution is -2.46. The fraction of sp³-hybridized carbons (Fsp3) is 0.412. The molecule has 1 aliphatic carbocycles. The smallest absolute Gasteiger partial charge is 0.326 e. The summed E-state index contributed by atoms with van der Waals surface area (Å²) in [7, 11) is 0. The van der Waals surface area contributed by atoms with Gasteiger partial charge in [-0.2, -0.15) is 0 Å². The minimum absolute atomic E-state index is 0.113. The number of para-hydroxylation sites is 1. The Balaban J connectivity index is 1.48. The van der Waals surface area contributed by atoms with Gasteiger partial charge in [-0.05, 0) is 37.8 Å². The van der Waals surface area contributed by atoms with Crippen LogP contribution in [-0.4, -0.2) is 47.4 Å². The van der Waals surface area contributed by atoms with Crippen molar-refractivity contribution in [2.45, 2.75) is 25.3 Å². The second kappa shape index (κ2) is 6.54. The van der Waals surface area contributed by atoms with Crippen molar-refractivity contribution in [2.24, 2.45) is 5.92 Å². The maximum absolute atomic E-state index is 12.4. The number of rotatable bonds is 6. The summed E-state index contributed by atoms with van der Waals surface area (Å²) in [4.78, 5) is 48.8. The lowest BCUT2D eigenvalue weighted by atomic mass is 9.96. The van der Waals surface area contributed by atoms with Crippen LogP contribution in [0.2, 0.25) is 0 Å². The minimum Gasteiger partial charge on any atom is -0.454 e. The topological polar surface area (TPSA) is 105 Å². The monoisotopic (exact) mass is 345 g/mol. The Labute approximate surface area is 144 Å². The van der Waals surface area contributed by atoms with E-state index in [-0.39, 0.29) is 5.92 Å². The average Bonchev–Trinajstić information content (AvgIpc) is 3.40. The van der Waals surface area contributed by atoms with Gasteiger partial charge in [0.05, 0.1) is 0 Å². The Hall–Kier alpha value is -2.90. The largest absolute Gasteiger partial charge is 0.454 e. The first-order chi connectivity index (χ1) is 11.9. The van der Waals surface area contributed by atoms with E-state index in [1.807, 2.05) is 6.07 Å². The summed E-state index contributed by atoms with van der Waals surface area (Å²) in [6.07, 6.45) is 1.75. The second-order valence-electron chi connectivity index (χ2n) is 6.37. The number of nitrogens with one attached hydrogen (secondary N) is 2. The van der Waals surface area contributed by atoms with Gasteiger partial charge in [0.25, 0.3) is 11.8 Å². The van der Waals surface area contributed by atoms with Crippen LogP contribution in [0.15, 0.2) is 30.3 Å². The van der Waals surface area contributed by atoms with Crippen molar-refractivity contribution in [3.05, 3.63) is 30.3 Å². The molecule has 1 aliphatic heterocycles. The first-order valence-corrected chi connectivity index (χ1v) is 8.05. The third-order valence-corrected chi connectivity index (χ3v) is 4.40. The van der Waals surface area contributed by atoms with E-state index in [0.29, 0.717) is 5.69 Å². The number of carbonyl (C=O) groups excluding carboxylic acids is 4. The molecule has 2 N–H and O–H groups in total. The number of nitrogens with zero attached hydrogens (tertiary/aromatic N) is 1. The molecule has 3 rings (SSSR count). The van der Waals surface area contributed by atoms with Crippen LogP contribution in [0.4, 0.5) is 10.5 Å². The molecule has 0 radical (unpaired) electrons. The summed E-state index contributed by atoms with van der Waals surface area (Å²) in [5.41, 5.74) is -0.361. The fourth-order valence-corrected chi connectivity index (χ4v) is 2.84. The van der Waals surface area contributed by atoms with E-state index in [9.17, 15) is 19.2 Å². The highest BCUT2D eigenvalue weighted by Gasteiger charge is 2.56. The van der Waals surface area contributed by atoms with Crippen LogP contribution in [-0.2, 0) is 19.1 Å². The van der Waals surface area contributed by atoms with E-state index >= 15 is 0 Å². The summed E-state index contributed by atoms with van der Waals surface area (Å²) in [5.74, 6) is -1.63. The molecule has 1 atom stereocenters. The minimum atomic E-state index is -0.942. The molecular weight excluding hydrogens is 326 g/mol. The maximum Gasteiger partial charge on any atom is 0.326 e. The lowest BCUT2D eigenvalue weighted by molar-refractivity contribution is -0.150. The zero-order valence-electron chi connectivity index (χ0n) is 13.8. The molecule has 0 aromatic heterocycles. The molecule has 1 aromatic rings. The number of hydrogen-bond acceptors (Lipinski definition) is 5. The normalized spacial score (nSPS) is 22.5. The first kappa shape index (κ1) is 16.9. The SMILES string of the molecule is C[C@@]1(C2CC2)NC(=O)N(CC(=O)OCC(=O)Nc2ccccc2)C1=O. The standard InChI is InChI=1S/C17H19N3O5/c1-17(11-7-8-11)15(23)20(16(24)19-17)9-14(22)25-10-13(21)18-12-5-3-2-4-6-12/h2-6,11H,7-10H2,1H3,(H,18,21)(H,19,24)/t17-/m0/s1. The highest BCUT2D eigenvalue weighted by Crippen LogP contribution is 2.42. The summed E-state index contributed by atoms with van der Waals surface area (Å²) < 4.78 is 4.85. The van der Waals surface area contributed by atoms with Gasteiger partial charge in [0, 0.05) is 5.69 Å². The van der Waals surface area contributed by atoms with E-state index < -0.39 is 42.5 Å². The molecule has 25 heavy (non-hydrogen) atoms. The molecule has 1 heterocycles. The molecule has 0 unspecified atom stereocenters. The second-order valence-corrected chi connectivity index (χ2v) is 6.37. The molecule has 2 aliphatic rings. The molecule has 132 valence electrons. The molecule has 8 heteroatoms. The molecule has 4 amide bonds. The Morgan fingerprint density at radius 1 is 1.28 bits per heavy atom. The van der Waals surface area contributed by atoms with E-state index in [2.05, 4.69) is 10.6 Å². The molecule has 1 aromatic carbocycles. The number of anilines is 1. The lowest BCUT2D eigenvalue weighted by Gasteiger charge is -2.20. The van der Waals surface area contributed by atoms with Crippen LogP contribution in [0.1, 0.15) is 19.8 Å². The zero-order chi connectivity index (χ0) is 18.0. The van der Waals surface area contributed by atoms with Gasteiger partial charge < -0.3 is 15.4 Å². The quantitative estimate of drug-likeness (QED) is 0.588. The summed E-state index contributed by atoms with van der Waals surface area (Å²) >= 11 is 0. The Kier molecular flexibility index (Phi) is 4.43. The van der Waals surface area contributed by atoms with Gasteiger partial charge in [0.2, 0.25) is 0 Å². The van der Waals surface area contributed by atoms with Gasteiger partial charge in [-0.1, -0.05) is 18.2 Å². The van der Waals surface area contributed by atoms with Crippen molar-refractivity contribution >= 4 is 29.5 Å². The maximum atomic E-state index is 12.4. The number of ether oxygens (including phenoxy) is 1.